The van der Waals surface area contributed by atoms with Crippen molar-refractivity contribution < 1.29 is 14.5 Å². The summed E-state index contributed by atoms with van der Waals surface area (Å²) in [5, 5.41) is 10.9. The Morgan fingerprint density at radius 2 is 2.21 bits per heavy atom. The predicted octanol–water partition coefficient (Wildman–Crippen LogP) is 1.75. The highest BCUT2D eigenvalue weighted by Crippen LogP contribution is 2.35. The van der Waals surface area contributed by atoms with E-state index in [1.165, 1.54) is 12.1 Å². The molecular weight excluding hydrogens is 318 g/mol. The van der Waals surface area contributed by atoms with Gasteiger partial charge in [-0.15, -0.1) is 0 Å². The van der Waals surface area contributed by atoms with Gasteiger partial charge in [0.1, 0.15) is 6.61 Å². The van der Waals surface area contributed by atoms with Gasteiger partial charge in [-0.2, -0.15) is 0 Å². The number of rotatable bonds is 5. The lowest BCUT2D eigenvalue weighted by atomic mass is 9.94. The fraction of sp³-hybridized carbons (Fsp3) is 0.364. The van der Waals surface area contributed by atoms with Crippen molar-refractivity contribution in [3.05, 3.63) is 32.8 Å². The molecule has 7 nitrogen and oxygen atoms in total. The number of nitro groups is 1. The number of para-hydroxylation sites is 1. The molecule has 0 heterocycles. The van der Waals surface area contributed by atoms with E-state index in [2.05, 4.69) is 15.9 Å². The molecule has 0 atom stereocenters. The summed E-state index contributed by atoms with van der Waals surface area (Å²) in [5.41, 5.74) is 0.956. The highest BCUT2D eigenvalue weighted by Gasteiger charge is 2.29. The normalized spacial score (nSPS) is 10.9. The van der Waals surface area contributed by atoms with Gasteiger partial charge in [0.05, 0.1) is 14.8 Å². The lowest BCUT2D eigenvalue weighted by Crippen LogP contribution is -2.44. The average Bonchev–Trinajstić information content (AvgIpc) is 2.35. The first-order valence-electron chi connectivity index (χ1n) is 5.36. The fourth-order valence-corrected chi connectivity index (χ4v) is 1.77. The van der Waals surface area contributed by atoms with E-state index in [0.29, 0.717) is 4.47 Å². The van der Waals surface area contributed by atoms with E-state index in [9.17, 15) is 14.9 Å². The van der Waals surface area contributed by atoms with Crippen LogP contribution in [0.1, 0.15) is 13.8 Å². The second-order valence-electron chi connectivity index (χ2n) is 4.49. The first kappa shape index (κ1) is 15.4. The molecule has 1 amide bonds. The Morgan fingerprint density at radius 1 is 1.58 bits per heavy atom. The molecule has 0 aliphatic rings. The van der Waals surface area contributed by atoms with Gasteiger partial charge in [0, 0.05) is 6.07 Å². The average molecular weight is 332 g/mol. The summed E-state index contributed by atoms with van der Waals surface area (Å²) in [4.78, 5) is 21.8. The van der Waals surface area contributed by atoms with Crippen LogP contribution in [0, 0.1) is 15.5 Å². The number of ether oxygens (including phenoxy) is 1. The summed E-state index contributed by atoms with van der Waals surface area (Å²) >= 11 is 3.18. The molecular formula is C11H14BrN3O4. The maximum atomic E-state index is 11.5. The number of halogens is 1. The summed E-state index contributed by atoms with van der Waals surface area (Å²) in [5.74, 6) is 4.74. The van der Waals surface area contributed by atoms with Crippen LogP contribution in [0.25, 0.3) is 0 Å². The maximum absolute atomic E-state index is 11.5. The van der Waals surface area contributed by atoms with Gasteiger partial charge >= 0.3 is 5.69 Å². The molecule has 0 aromatic heterocycles. The SMILES string of the molecule is CC(C)(COc1c(Br)cccc1[N+](=O)[O-])C(=O)NN. The minimum Gasteiger partial charge on any atom is -0.485 e. The van der Waals surface area contributed by atoms with Crippen molar-refractivity contribution in [1.82, 2.24) is 5.43 Å². The minimum atomic E-state index is -0.905. The molecule has 0 saturated heterocycles. The number of nitro benzene ring substituents is 1. The molecule has 0 aliphatic carbocycles. The Bertz CT molecular complexity index is 505. The lowest BCUT2D eigenvalue weighted by Gasteiger charge is -2.22. The van der Waals surface area contributed by atoms with E-state index in [-0.39, 0.29) is 18.0 Å². The van der Waals surface area contributed by atoms with Crippen molar-refractivity contribution in [3.63, 3.8) is 0 Å². The van der Waals surface area contributed by atoms with Crippen molar-refractivity contribution in [1.29, 1.82) is 0 Å². The predicted molar refractivity (Wildman–Crippen MR) is 72.4 cm³/mol. The Balaban J connectivity index is 2.95. The van der Waals surface area contributed by atoms with Crippen LogP contribution in [-0.4, -0.2) is 17.4 Å². The third kappa shape index (κ3) is 3.65. The second kappa shape index (κ2) is 5.98. The van der Waals surface area contributed by atoms with Crippen molar-refractivity contribution in [2.45, 2.75) is 13.8 Å². The molecule has 0 spiro atoms. The number of carbonyl (C=O) groups excluding carboxylic acids is 1. The van der Waals surface area contributed by atoms with Gasteiger partial charge in [-0.1, -0.05) is 6.07 Å². The fourth-order valence-electron chi connectivity index (χ4n) is 1.30. The van der Waals surface area contributed by atoms with Gasteiger partial charge in [0.25, 0.3) is 0 Å². The molecule has 0 fully saturated rings. The molecule has 1 aromatic carbocycles. The summed E-state index contributed by atoms with van der Waals surface area (Å²) in [6.45, 7) is 3.20. The summed E-state index contributed by atoms with van der Waals surface area (Å²) in [6.07, 6.45) is 0. The van der Waals surface area contributed by atoms with Crippen LogP contribution in [-0.2, 0) is 4.79 Å². The zero-order valence-corrected chi connectivity index (χ0v) is 12.1. The van der Waals surface area contributed by atoms with Gasteiger partial charge in [0.15, 0.2) is 0 Å². The number of hydrogen-bond acceptors (Lipinski definition) is 5. The number of hydrazine groups is 1. The van der Waals surface area contributed by atoms with Crippen LogP contribution in [0.2, 0.25) is 0 Å². The van der Waals surface area contributed by atoms with E-state index in [0.717, 1.165) is 0 Å². The van der Waals surface area contributed by atoms with Crippen LogP contribution in [0.5, 0.6) is 5.75 Å². The van der Waals surface area contributed by atoms with Crippen LogP contribution >= 0.6 is 15.9 Å². The van der Waals surface area contributed by atoms with Crippen molar-refractivity contribution in [3.8, 4) is 5.75 Å². The number of nitrogens with zero attached hydrogens (tertiary/aromatic N) is 1. The second-order valence-corrected chi connectivity index (χ2v) is 5.35. The topological polar surface area (TPSA) is 107 Å². The molecule has 1 rings (SSSR count). The zero-order valence-electron chi connectivity index (χ0n) is 10.5. The van der Waals surface area contributed by atoms with Crippen LogP contribution in [0.4, 0.5) is 5.69 Å². The highest BCUT2D eigenvalue weighted by molar-refractivity contribution is 9.10. The molecule has 104 valence electrons. The molecule has 0 unspecified atom stereocenters. The maximum Gasteiger partial charge on any atom is 0.312 e. The first-order valence-corrected chi connectivity index (χ1v) is 6.15. The van der Waals surface area contributed by atoms with Gasteiger partial charge in [0.2, 0.25) is 11.7 Å². The van der Waals surface area contributed by atoms with Crippen LogP contribution in [0.15, 0.2) is 22.7 Å². The largest absolute Gasteiger partial charge is 0.485 e. The number of carbonyl (C=O) groups is 1. The van der Waals surface area contributed by atoms with E-state index in [1.807, 2.05) is 5.43 Å². The molecule has 0 aliphatic heterocycles. The van der Waals surface area contributed by atoms with E-state index in [4.69, 9.17) is 10.6 Å². The van der Waals surface area contributed by atoms with E-state index < -0.39 is 16.2 Å². The highest BCUT2D eigenvalue weighted by atomic mass is 79.9. The van der Waals surface area contributed by atoms with Crippen molar-refractivity contribution >= 4 is 27.5 Å². The number of amides is 1. The quantitative estimate of drug-likeness (QED) is 0.370. The van der Waals surface area contributed by atoms with Gasteiger partial charge < -0.3 is 4.74 Å². The number of nitrogens with two attached hydrogens (primary N) is 1. The lowest BCUT2D eigenvalue weighted by molar-refractivity contribution is -0.386. The third-order valence-corrected chi connectivity index (χ3v) is 3.09. The summed E-state index contributed by atoms with van der Waals surface area (Å²) in [6, 6.07) is 4.49. The van der Waals surface area contributed by atoms with E-state index >= 15 is 0 Å². The molecule has 1 aromatic rings. The molecule has 3 N–H and O–H groups in total. The third-order valence-electron chi connectivity index (χ3n) is 2.47. The van der Waals surface area contributed by atoms with Gasteiger partial charge in [-0.25, -0.2) is 5.84 Å². The molecule has 8 heteroatoms. The van der Waals surface area contributed by atoms with E-state index in [1.54, 1.807) is 19.9 Å². The monoisotopic (exact) mass is 331 g/mol. The van der Waals surface area contributed by atoms with Crippen molar-refractivity contribution in [2.75, 3.05) is 6.61 Å². The smallest absolute Gasteiger partial charge is 0.312 e. The Morgan fingerprint density at radius 3 is 2.74 bits per heavy atom. The number of nitrogens with one attached hydrogen (secondary N) is 1. The standard InChI is InChI=1S/C11H14BrN3O4/c1-11(2,10(16)14-13)6-19-9-7(12)4-3-5-8(9)15(17)18/h3-5H,6,13H2,1-2H3,(H,14,16). The molecule has 0 bridgehead atoms. The Hall–Kier alpha value is -1.67. The zero-order chi connectivity index (χ0) is 14.6. The summed E-state index contributed by atoms with van der Waals surface area (Å²) in [7, 11) is 0. The van der Waals surface area contributed by atoms with Gasteiger partial charge in [-0.05, 0) is 35.8 Å². The van der Waals surface area contributed by atoms with Gasteiger partial charge in [-0.3, -0.25) is 20.3 Å². The van der Waals surface area contributed by atoms with Crippen LogP contribution in [0.3, 0.4) is 0 Å². The van der Waals surface area contributed by atoms with Crippen LogP contribution < -0.4 is 16.0 Å². The number of hydrogen-bond donors (Lipinski definition) is 2. The molecule has 0 saturated carbocycles. The number of benzene rings is 1. The van der Waals surface area contributed by atoms with Crippen molar-refractivity contribution in [2.24, 2.45) is 11.3 Å². The Labute approximate surface area is 118 Å². The first-order chi connectivity index (χ1) is 8.79. The Kier molecular flexibility index (Phi) is 4.84. The molecule has 0 radical (unpaired) electrons. The summed E-state index contributed by atoms with van der Waals surface area (Å²) < 4.78 is 5.86. The molecule has 19 heavy (non-hydrogen) atoms. The minimum absolute atomic E-state index is 0.0422.